The number of rotatable bonds is 2. The largest absolute Gasteiger partial charge is 0.543 e. The van der Waals surface area contributed by atoms with E-state index in [2.05, 4.69) is 40.8 Å². The minimum atomic E-state index is -1.79. The van der Waals surface area contributed by atoms with E-state index in [9.17, 15) is 0 Å². The fourth-order valence-corrected chi connectivity index (χ4v) is 2.54. The molecule has 1 aromatic carbocycles. The van der Waals surface area contributed by atoms with Gasteiger partial charge < -0.3 is 10.2 Å². The topological polar surface area (TPSA) is 35.2 Å². The Kier molecular flexibility index (Phi) is 3.62. The number of hydrogen-bond acceptors (Lipinski definition) is 2. The second-order valence-corrected chi connectivity index (χ2v) is 11.0. The number of nitrogens with two attached hydrogens (primary N) is 1. The van der Waals surface area contributed by atoms with E-state index in [1.165, 1.54) is 5.56 Å². The molecule has 0 amide bonds. The molecule has 0 fully saturated rings. The number of hydrogen-bond donors (Lipinski definition) is 1. The number of nitrogen functional groups attached to an aromatic ring is 1. The van der Waals surface area contributed by atoms with Crippen molar-refractivity contribution in [3.63, 3.8) is 0 Å². The predicted octanol–water partition coefficient (Wildman–Crippen LogP) is 4.27. The van der Waals surface area contributed by atoms with Crippen molar-refractivity contribution in [2.24, 2.45) is 0 Å². The molecule has 2 nitrogen and oxygen atoms in total. The monoisotopic (exact) mass is 251 g/mol. The number of benzene rings is 1. The average Bonchev–Trinajstić information content (AvgIpc) is 2.17. The molecule has 17 heavy (non-hydrogen) atoms. The Bertz CT molecular complexity index is 419. The summed E-state index contributed by atoms with van der Waals surface area (Å²) in [6.45, 7) is 15.4. The maximum absolute atomic E-state index is 6.37. The van der Waals surface area contributed by atoms with Crippen molar-refractivity contribution in [2.75, 3.05) is 5.73 Å². The lowest BCUT2D eigenvalue weighted by atomic mass is 10.1. The van der Waals surface area contributed by atoms with Crippen molar-refractivity contribution in [2.45, 2.75) is 52.8 Å². The zero-order valence-corrected chi connectivity index (χ0v) is 13.1. The summed E-state index contributed by atoms with van der Waals surface area (Å²) in [4.78, 5) is 0. The first-order valence-electron chi connectivity index (χ1n) is 6.11. The van der Waals surface area contributed by atoms with E-state index in [1.807, 2.05) is 19.1 Å². The molecule has 1 aromatic rings. The summed E-state index contributed by atoms with van der Waals surface area (Å²) in [7, 11) is -1.79. The summed E-state index contributed by atoms with van der Waals surface area (Å²) in [5, 5.41) is 0.205. The lowest BCUT2D eigenvalue weighted by Gasteiger charge is -2.37. The first kappa shape index (κ1) is 14.1. The van der Waals surface area contributed by atoms with Gasteiger partial charge in [-0.15, -0.1) is 0 Å². The van der Waals surface area contributed by atoms with Gasteiger partial charge in [0.1, 0.15) is 5.75 Å². The second-order valence-electron chi connectivity index (χ2n) is 6.29. The Hall–Kier alpha value is -0.963. The summed E-state index contributed by atoms with van der Waals surface area (Å²) >= 11 is 0. The second kappa shape index (κ2) is 4.37. The third kappa shape index (κ3) is 2.83. The van der Waals surface area contributed by atoms with Gasteiger partial charge in [-0.3, -0.25) is 0 Å². The lowest BCUT2D eigenvalue weighted by molar-refractivity contribution is 0.486. The van der Waals surface area contributed by atoms with Crippen molar-refractivity contribution in [3.05, 3.63) is 23.3 Å². The van der Waals surface area contributed by atoms with E-state index in [-0.39, 0.29) is 5.04 Å². The highest BCUT2D eigenvalue weighted by Crippen LogP contribution is 2.39. The van der Waals surface area contributed by atoms with Crippen LogP contribution < -0.4 is 10.2 Å². The molecule has 3 heteroatoms. The van der Waals surface area contributed by atoms with Crippen molar-refractivity contribution < 1.29 is 4.43 Å². The van der Waals surface area contributed by atoms with Gasteiger partial charge >= 0.3 is 0 Å². The molecule has 2 N–H and O–H groups in total. The van der Waals surface area contributed by atoms with Gasteiger partial charge in [0.25, 0.3) is 8.32 Å². The molecular weight excluding hydrogens is 226 g/mol. The van der Waals surface area contributed by atoms with Gasteiger partial charge in [-0.25, -0.2) is 0 Å². The Balaban J connectivity index is 3.16. The van der Waals surface area contributed by atoms with E-state index >= 15 is 0 Å². The predicted molar refractivity (Wildman–Crippen MR) is 78.2 cm³/mol. The molecule has 0 spiro atoms. The van der Waals surface area contributed by atoms with Crippen LogP contribution in [0.5, 0.6) is 5.75 Å². The van der Waals surface area contributed by atoms with Crippen LogP contribution in [0.1, 0.15) is 31.9 Å². The van der Waals surface area contributed by atoms with Crippen LogP contribution in [0.2, 0.25) is 18.1 Å². The number of anilines is 1. The standard InChI is InChI=1S/C14H25NOSi/c1-10-8-9-12(15)11(2)13(10)16-17(6,7)14(3,4)5/h8-9H,15H2,1-7H3. The highest BCUT2D eigenvalue weighted by Gasteiger charge is 2.39. The van der Waals surface area contributed by atoms with Crippen LogP contribution in [-0.4, -0.2) is 8.32 Å². The number of aryl methyl sites for hydroxylation is 1. The molecule has 0 atom stereocenters. The van der Waals surface area contributed by atoms with Gasteiger partial charge in [0, 0.05) is 11.3 Å². The van der Waals surface area contributed by atoms with Crippen LogP contribution in [0.25, 0.3) is 0 Å². The van der Waals surface area contributed by atoms with Crippen molar-refractivity contribution in [1.82, 2.24) is 0 Å². The van der Waals surface area contributed by atoms with Crippen LogP contribution in [0.15, 0.2) is 12.1 Å². The van der Waals surface area contributed by atoms with Crippen molar-refractivity contribution >= 4 is 14.0 Å². The maximum Gasteiger partial charge on any atom is 0.250 e. The zero-order valence-electron chi connectivity index (χ0n) is 12.1. The van der Waals surface area contributed by atoms with Crippen LogP contribution in [0.4, 0.5) is 5.69 Å². The van der Waals surface area contributed by atoms with Gasteiger partial charge in [0.2, 0.25) is 0 Å². The third-order valence-corrected chi connectivity index (χ3v) is 8.13. The summed E-state index contributed by atoms with van der Waals surface area (Å²) in [5.41, 5.74) is 9.00. The van der Waals surface area contributed by atoms with Gasteiger partial charge in [-0.05, 0) is 43.6 Å². The first-order chi connectivity index (χ1) is 7.56. The van der Waals surface area contributed by atoms with Crippen LogP contribution in [-0.2, 0) is 0 Å². The summed E-state index contributed by atoms with van der Waals surface area (Å²) in [6.07, 6.45) is 0. The van der Waals surface area contributed by atoms with Gasteiger partial charge in [-0.2, -0.15) is 0 Å². The maximum atomic E-state index is 6.37. The minimum Gasteiger partial charge on any atom is -0.543 e. The molecule has 0 saturated carbocycles. The molecule has 0 saturated heterocycles. The molecule has 0 aromatic heterocycles. The molecule has 1 rings (SSSR count). The van der Waals surface area contributed by atoms with E-state index < -0.39 is 8.32 Å². The molecule has 0 aliphatic heterocycles. The third-order valence-electron chi connectivity index (χ3n) is 3.81. The summed E-state index contributed by atoms with van der Waals surface area (Å²) in [5.74, 6) is 0.983. The van der Waals surface area contributed by atoms with Crippen LogP contribution in [0.3, 0.4) is 0 Å². The Labute approximate surface area is 106 Å². The highest BCUT2D eigenvalue weighted by molar-refractivity contribution is 6.74. The fourth-order valence-electron chi connectivity index (χ4n) is 1.41. The minimum absolute atomic E-state index is 0.205. The molecule has 0 aliphatic carbocycles. The Morgan fingerprint density at radius 3 is 2.12 bits per heavy atom. The van der Waals surface area contributed by atoms with E-state index in [0.717, 1.165) is 17.0 Å². The molecule has 0 aliphatic rings. The molecule has 0 heterocycles. The first-order valence-corrected chi connectivity index (χ1v) is 9.02. The van der Waals surface area contributed by atoms with Gasteiger partial charge in [-0.1, -0.05) is 26.8 Å². The van der Waals surface area contributed by atoms with Crippen LogP contribution >= 0.6 is 0 Å². The quantitative estimate of drug-likeness (QED) is 0.629. The van der Waals surface area contributed by atoms with E-state index in [4.69, 9.17) is 10.2 Å². The molecule has 0 radical (unpaired) electrons. The smallest absolute Gasteiger partial charge is 0.250 e. The molecule has 0 bridgehead atoms. The lowest BCUT2D eigenvalue weighted by Crippen LogP contribution is -2.44. The van der Waals surface area contributed by atoms with Crippen molar-refractivity contribution in [1.29, 1.82) is 0 Å². The van der Waals surface area contributed by atoms with Gasteiger partial charge in [0.05, 0.1) is 0 Å². The highest BCUT2D eigenvalue weighted by atomic mass is 28.4. The molecule has 0 unspecified atom stereocenters. The average molecular weight is 251 g/mol. The fraction of sp³-hybridized carbons (Fsp3) is 0.571. The zero-order chi connectivity index (χ0) is 13.4. The van der Waals surface area contributed by atoms with Crippen LogP contribution in [0, 0.1) is 13.8 Å². The van der Waals surface area contributed by atoms with Gasteiger partial charge in [0.15, 0.2) is 0 Å². The molecular formula is C14H25NOSi. The van der Waals surface area contributed by atoms with E-state index in [0.29, 0.717) is 0 Å². The molecule has 96 valence electrons. The Morgan fingerprint density at radius 1 is 1.12 bits per heavy atom. The van der Waals surface area contributed by atoms with Crippen molar-refractivity contribution in [3.8, 4) is 5.75 Å². The normalized spacial score (nSPS) is 12.6. The summed E-state index contributed by atoms with van der Waals surface area (Å²) in [6, 6.07) is 3.98. The van der Waals surface area contributed by atoms with E-state index in [1.54, 1.807) is 0 Å². The Morgan fingerprint density at radius 2 is 1.65 bits per heavy atom. The summed E-state index contributed by atoms with van der Waals surface area (Å²) < 4.78 is 6.37. The SMILES string of the molecule is Cc1ccc(N)c(C)c1O[Si](C)(C)C(C)(C)C.